The second kappa shape index (κ2) is 7.91. The molecule has 1 aliphatic rings. The summed E-state index contributed by atoms with van der Waals surface area (Å²) in [6.07, 6.45) is 1.51. The van der Waals surface area contributed by atoms with E-state index in [1.165, 1.54) is 11.8 Å². The number of hydrogen-bond donors (Lipinski definition) is 1. The Morgan fingerprint density at radius 3 is 2.50 bits per heavy atom. The molecule has 2 rings (SSSR count). The van der Waals surface area contributed by atoms with Gasteiger partial charge in [-0.15, -0.1) is 11.8 Å². The van der Waals surface area contributed by atoms with Crippen molar-refractivity contribution in [1.82, 2.24) is 5.32 Å². The average Bonchev–Trinajstić information content (AvgIpc) is 2.83. The Labute approximate surface area is 149 Å². The van der Waals surface area contributed by atoms with E-state index in [4.69, 9.17) is 0 Å². The van der Waals surface area contributed by atoms with E-state index >= 15 is 0 Å². The molecule has 0 saturated carbocycles. The Hall–Kier alpha value is -1.01. The van der Waals surface area contributed by atoms with E-state index in [0.717, 1.165) is 12.0 Å². The van der Waals surface area contributed by atoms with Crippen molar-refractivity contribution in [1.29, 1.82) is 0 Å². The highest BCUT2D eigenvalue weighted by atomic mass is 32.2. The fourth-order valence-corrected chi connectivity index (χ4v) is 6.33. The molecule has 24 heavy (non-hydrogen) atoms. The van der Waals surface area contributed by atoms with Crippen LogP contribution in [0.15, 0.2) is 30.3 Å². The second-order valence-corrected chi connectivity index (χ2v) is 11.1. The summed E-state index contributed by atoms with van der Waals surface area (Å²) in [6.45, 7) is 6.48. The van der Waals surface area contributed by atoms with Gasteiger partial charge in [-0.05, 0) is 23.8 Å². The zero-order valence-electron chi connectivity index (χ0n) is 14.6. The molecule has 0 spiro atoms. The summed E-state index contributed by atoms with van der Waals surface area (Å²) in [6, 6.07) is 9.98. The van der Waals surface area contributed by atoms with E-state index in [-0.39, 0.29) is 34.1 Å². The SMILES string of the molecule is CC(C)(C)C[C@H](NC(=O)CS[C@H]1CCS(=O)(=O)C1)c1ccccc1. The molecule has 1 aliphatic heterocycles. The molecule has 1 N–H and O–H groups in total. The van der Waals surface area contributed by atoms with Gasteiger partial charge in [0.15, 0.2) is 9.84 Å². The molecule has 1 amide bonds. The van der Waals surface area contributed by atoms with Crippen molar-refractivity contribution in [2.75, 3.05) is 17.3 Å². The van der Waals surface area contributed by atoms with Gasteiger partial charge in [0.1, 0.15) is 0 Å². The molecule has 0 aliphatic carbocycles. The quantitative estimate of drug-likeness (QED) is 0.836. The lowest BCUT2D eigenvalue weighted by atomic mass is 9.85. The Kier molecular flexibility index (Phi) is 6.37. The predicted octanol–water partition coefficient (Wildman–Crippen LogP) is 3.20. The van der Waals surface area contributed by atoms with Crippen LogP contribution >= 0.6 is 11.8 Å². The highest BCUT2D eigenvalue weighted by Crippen LogP contribution is 2.30. The Bertz CT molecular complexity index is 651. The van der Waals surface area contributed by atoms with Crippen LogP contribution in [0.1, 0.15) is 45.2 Å². The Morgan fingerprint density at radius 2 is 1.96 bits per heavy atom. The number of sulfone groups is 1. The summed E-state index contributed by atoms with van der Waals surface area (Å²) < 4.78 is 23.0. The van der Waals surface area contributed by atoms with Gasteiger partial charge < -0.3 is 5.32 Å². The molecule has 1 aromatic carbocycles. The molecule has 0 radical (unpaired) electrons. The van der Waals surface area contributed by atoms with Crippen molar-refractivity contribution >= 4 is 27.5 Å². The third-order valence-corrected chi connectivity index (χ3v) is 7.28. The van der Waals surface area contributed by atoms with Crippen molar-refractivity contribution in [3.63, 3.8) is 0 Å². The summed E-state index contributed by atoms with van der Waals surface area (Å²) in [4.78, 5) is 12.3. The molecule has 6 heteroatoms. The van der Waals surface area contributed by atoms with Crippen LogP contribution in [-0.2, 0) is 14.6 Å². The summed E-state index contributed by atoms with van der Waals surface area (Å²) in [5.74, 6) is 0.744. The number of carbonyl (C=O) groups excluding carboxylic acids is 1. The molecule has 4 nitrogen and oxygen atoms in total. The van der Waals surface area contributed by atoms with Crippen LogP contribution in [0.5, 0.6) is 0 Å². The second-order valence-electron chi connectivity index (χ2n) is 7.63. The number of nitrogens with one attached hydrogen (secondary N) is 1. The van der Waals surface area contributed by atoms with Gasteiger partial charge in [-0.3, -0.25) is 4.79 Å². The zero-order valence-corrected chi connectivity index (χ0v) is 16.3. The number of rotatable bonds is 6. The monoisotopic (exact) mass is 369 g/mol. The first-order valence-electron chi connectivity index (χ1n) is 8.31. The summed E-state index contributed by atoms with van der Waals surface area (Å²) in [5.41, 5.74) is 1.20. The Balaban J connectivity index is 1.92. The zero-order chi connectivity index (χ0) is 17.8. The maximum absolute atomic E-state index is 12.3. The van der Waals surface area contributed by atoms with Gasteiger partial charge in [-0.1, -0.05) is 51.1 Å². The van der Waals surface area contributed by atoms with Crippen LogP contribution in [0, 0.1) is 5.41 Å². The molecular formula is C18H27NO3S2. The fourth-order valence-electron chi connectivity index (χ4n) is 2.87. The third-order valence-electron chi connectivity index (χ3n) is 3.99. The van der Waals surface area contributed by atoms with Gasteiger partial charge in [0.25, 0.3) is 0 Å². The van der Waals surface area contributed by atoms with E-state index in [2.05, 4.69) is 26.1 Å². The number of benzene rings is 1. The lowest BCUT2D eigenvalue weighted by Gasteiger charge is -2.27. The molecule has 0 unspecified atom stereocenters. The predicted molar refractivity (Wildman–Crippen MR) is 101 cm³/mol. The molecule has 1 aromatic rings. The fraction of sp³-hybridized carbons (Fsp3) is 0.611. The molecule has 134 valence electrons. The first-order chi connectivity index (χ1) is 11.1. The van der Waals surface area contributed by atoms with Crippen molar-refractivity contribution in [2.45, 2.75) is 44.9 Å². The van der Waals surface area contributed by atoms with Crippen LogP contribution in [-0.4, -0.2) is 36.8 Å². The van der Waals surface area contributed by atoms with Gasteiger partial charge in [-0.25, -0.2) is 8.42 Å². The third kappa shape index (κ3) is 6.48. The highest BCUT2D eigenvalue weighted by Gasteiger charge is 2.29. The largest absolute Gasteiger partial charge is 0.349 e. The molecule has 1 saturated heterocycles. The maximum Gasteiger partial charge on any atom is 0.230 e. The molecule has 0 aromatic heterocycles. The van der Waals surface area contributed by atoms with Crippen LogP contribution in [0.4, 0.5) is 0 Å². The van der Waals surface area contributed by atoms with E-state index in [1.54, 1.807) is 0 Å². The highest BCUT2D eigenvalue weighted by molar-refractivity contribution is 8.02. The van der Waals surface area contributed by atoms with Crippen molar-refractivity contribution in [2.24, 2.45) is 5.41 Å². The number of amides is 1. The van der Waals surface area contributed by atoms with Crippen LogP contribution in [0.25, 0.3) is 0 Å². The lowest BCUT2D eigenvalue weighted by molar-refractivity contribution is -0.119. The Morgan fingerprint density at radius 1 is 1.29 bits per heavy atom. The first kappa shape index (κ1) is 19.3. The van der Waals surface area contributed by atoms with Crippen LogP contribution in [0.2, 0.25) is 0 Å². The summed E-state index contributed by atoms with van der Waals surface area (Å²) >= 11 is 1.46. The van der Waals surface area contributed by atoms with E-state index in [9.17, 15) is 13.2 Å². The minimum Gasteiger partial charge on any atom is -0.349 e. The number of thioether (sulfide) groups is 1. The molecule has 0 bridgehead atoms. The van der Waals surface area contributed by atoms with Crippen LogP contribution < -0.4 is 5.32 Å². The van der Waals surface area contributed by atoms with Gasteiger partial charge in [0.05, 0.1) is 23.3 Å². The van der Waals surface area contributed by atoms with Gasteiger partial charge in [0.2, 0.25) is 5.91 Å². The van der Waals surface area contributed by atoms with Crippen molar-refractivity contribution in [3.05, 3.63) is 35.9 Å². The lowest BCUT2D eigenvalue weighted by Crippen LogP contribution is -2.33. The maximum atomic E-state index is 12.3. The van der Waals surface area contributed by atoms with E-state index in [0.29, 0.717) is 12.2 Å². The van der Waals surface area contributed by atoms with E-state index < -0.39 is 9.84 Å². The topological polar surface area (TPSA) is 63.2 Å². The smallest absolute Gasteiger partial charge is 0.230 e. The number of carbonyl (C=O) groups is 1. The van der Waals surface area contributed by atoms with E-state index in [1.807, 2.05) is 30.3 Å². The normalized spacial score (nSPS) is 21.4. The minimum absolute atomic E-state index is 0.0217. The molecular weight excluding hydrogens is 342 g/mol. The van der Waals surface area contributed by atoms with Gasteiger partial charge in [0, 0.05) is 5.25 Å². The summed E-state index contributed by atoms with van der Waals surface area (Å²) in [7, 11) is -2.89. The van der Waals surface area contributed by atoms with Crippen molar-refractivity contribution in [3.8, 4) is 0 Å². The standard InChI is InChI=1S/C18H27NO3S2/c1-18(2,3)11-16(14-7-5-4-6-8-14)19-17(20)12-23-15-9-10-24(21,22)13-15/h4-8,15-16H,9-13H2,1-3H3,(H,19,20)/t15-,16-/m0/s1. The number of hydrogen-bond acceptors (Lipinski definition) is 4. The minimum atomic E-state index is -2.89. The van der Waals surface area contributed by atoms with Gasteiger partial charge in [-0.2, -0.15) is 0 Å². The first-order valence-corrected chi connectivity index (χ1v) is 11.2. The summed E-state index contributed by atoms with van der Waals surface area (Å²) in [5, 5.41) is 3.18. The molecule has 1 heterocycles. The van der Waals surface area contributed by atoms with Crippen molar-refractivity contribution < 1.29 is 13.2 Å². The van der Waals surface area contributed by atoms with Crippen LogP contribution in [0.3, 0.4) is 0 Å². The average molecular weight is 370 g/mol. The molecule has 2 atom stereocenters. The molecule has 1 fully saturated rings. The van der Waals surface area contributed by atoms with Gasteiger partial charge >= 0.3 is 0 Å².